The number of aliphatic hydroxyl groups excluding tert-OH is 1. The minimum absolute atomic E-state index is 0.202. The van der Waals surface area contributed by atoms with Crippen LogP contribution in [0.4, 0.5) is 13.2 Å². The van der Waals surface area contributed by atoms with Gasteiger partial charge in [-0.2, -0.15) is 13.2 Å². The van der Waals surface area contributed by atoms with E-state index in [4.69, 9.17) is 16.3 Å². The Morgan fingerprint density at radius 1 is 1.24 bits per heavy atom. The Balaban J connectivity index is 1.43. The van der Waals surface area contributed by atoms with Crippen molar-refractivity contribution in [3.8, 4) is 5.75 Å². The van der Waals surface area contributed by atoms with Crippen LogP contribution in [0.5, 0.6) is 5.75 Å². The van der Waals surface area contributed by atoms with Crippen LogP contribution in [0.1, 0.15) is 54.8 Å². The number of hydrogen-bond acceptors (Lipinski definition) is 5. The van der Waals surface area contributed by atoms with Gasteiger partial charge in [0.25, 0.3) is 0 Å². The highest BCUT2D eigenvalue weighted by Crippen LogP contribution is 2.41. The average molecular weight is 499 g/mol. The van der Waals surface area contributed by atoms with Crippen LogP contribution in [-0.4, -0.2) is 44.8 Å². The van der Waals surface area contributed by atoms with Gasteiger partial charge in [-0.15, -0.1) is 0 Å². The molecule has 0 amide bonds. The van der Waals surface area contributed by atoms with Gasteiger partial charge in [-0.05, 0) is 61.9 Å². The van der Waals surface area contributed by atoms with Crippen LogP contribution in [0, 0.1) is 5.92 Å². The van der Waals surface area contributed by atoms with E-state index >= 15 is 0 Å². The molecule has 6 nitrogen and oxygen atoms in total. The fourth-order valence-corrected chi connectivity index (χ4v) is 4.73. The number of halogens is 4. The number of alkyl halides is 3. The van der Waals surface area contributed by atoms with Gasteiger partial charge in [0.15, 0.2) is 0 Å². The lowest BCUT2D eigenvalue weighted by molar-refractivity contribution is -0.145. The number of rotatable bonds is 5. The second kappa shape index (κ2) is 9.36. The van der Waals surface area contributed by atoms with E-state index in [9.17, 15) is 28.2 Å². The third kappa shape index (κ3) is 5.16. The number of aryl methyl sites for hydroxylation is 1. The summed E-state index contributed by atoms with van der Waals surface area (Å²) in [5.74, 6) is -1.38. The Hall–Kier alpha value is -2.36. The van der Waals surface area contributed by atoms with Gasteiger partial charge in [-0.3, -0.25) is 9.69 Å². The van der Waals surface area contributed by atoms with Gasteiger partial charge in [0.05, 0.1) is 22.7 Å². The van der Waals surface area contributed by atoms with Gasteiger partial charge >= 0.3 is 12.1 Å². The zero-order chi connectivity index (χ0) is 24.7. The lowest BCUT2D eigenvalue weighted by Crippen LogP contribution is -2.49. The van der Waals surface area contributed by atoms with Gasteiger partial charge in [0.1, 0.15) is 17.0 Å². The van der Waals surface area contributed by atoms with Gasteiger partial charge < -0.3 is 14.9 Å². The minimum Gasteiger partial charge on any atom is -0.487 e. The van der Waals surface area contributed by atoms with E-state index < -0.39 is 35.5 Å². The third-order valence-electron chi connectivity index (χ3n) is 6.82. The van der Waals surface area contributed by atoms with Crippen molar-refractivity contribution >= 4 is 17.6 Å². The number of carboxylic acid groups (broad SMARTS) is 1. The molecule has 10 heteroatoms. The Kier molecular flexibility index (Phi) is 6.81. The number of aliphatic carboxylic acids is 1. The van der Waals surface area contributed by atoms with Gasteiger partial charge in [-0.1, -0.05) is 23.7 Å². The highest BCUT2D eigenvalue weighted by Gasteiger charge is 2.40. The summed E-state index contributed by atoms with van der Waals surface area (Å²) in [4.78, 5) is 17.0. The quantitative estimate of drug-likeness (QED) is 0.612. The summed E-state index contributed by atoms with van der Waals surface area (Å²) in [5, 5.41) is 19.8. The number of ether oxygens (including phenoxy) is 1. The van der Waals surface area contributed by atoms with Crippen molar-refractivity contribution < 1.29 is 32.9 Å². The second-order valence-electron chi connectivity index (χ2n) is 9.12. The van der Waals surface area contributed by atoms with Crippen LogP contribution < -0.4 is 4.74 Å². The molecule has 2 N–H and O–H groups in total. The maximum Gasteiger partial charge on any atom is 0.433 e. The molecular weight excluding hydrogens is 473 g/mol. The summed E-state index contributed by atoms with van der Waals surface area (Å²) in [6, 6.07) is 7.44. The molecule has 0 saturated carbocycles. The monoisotopic (exact) mass is 498 g/mol. The van der Waals surface area contributed by atoms with Crippen molar-refractivity contribution in [2.24, 2.45) is 5.92 Å². The van der Waals surface area contributed by atoms with Crippen LogP contribution in [0.15, 0.2) is 30.3 Å². The molecular formula is C24H26ClF3N2O4. The Bertz CT molecular complexity index is 1070. The van der Waals surface area contributed by atoms with Crippen molar-refractivity contribution in [3.63, 3.8) is 0 Å². The summed E-state index contributed by atoms with van der Waals surface area (Å²) < 4.78 is 45.5. The summed E-state index contributed by atoms with van der Waals surface area (Å²) >= 11 is 6.11. The number of aromatic nitrogens is 1. The van der Waals surface area contributed by atoms with Gasteiger partial charge in [0, 0.05) is 19.6 Å². The molecule has 0 bridgehead atoms. The summed E-state index contributed by atoms with van der Waals surface area (Å²) in [6.45, 7) is 2.90. The highest BCUT2D eigenvalue weighted by molar-refractivity contribution is 6.31. The van der Waals surface area contributed by atoms with E-state index in [2.05, 4.69) is 4.98 Å². The third-order valence-corrected chi connectivity index (χ3v) is 7.17. The molecule has 1 spiro atoms. The molecule has 3 heterocycles. The number of fused-ring (bicyclic) bond motifs is 1. The SMILES string of the molecule is C[C@H](C(=O)O)[C@@H](O)c1ccc2c(c1)OC1(CC2)CCN(Cc2nc(C(F)(F)F)ccc2Cl)CC1. The highest BCUT2D eigenvalue weighted by atomic mass is 35.5. The van der Waals surface area contributed by atoms with Crippen molar-refractivity contribution in [3.05, 3.63) is 57.9 Å². The van der Waals surface area contributed by atoms with Crippen molar-refractivity contribution in [2.75, 3.05) is 13.1 Å². The van der Waals surface area contributed by atoms with E-state index in [1.54, 1.807) is 12.1 Å². The number of nitrogens with zero attached hydrogens (tertiary/aromatic N) is 2. The number of benzene rings is 1. The summed E-state index contributed by atoms with van der Waals surface area (Å²) in [7, 11) is 0. The van der Waals surface area contributed by atoms with Crippen LogP contribution >= 0.6 is 11.6 Å². The molecule has 34 heavy (non-hydrogen) atoms. The fraction of sp³-hybridized carbons (Fsp3) is 0.500. The molecule has 1 saturated heterocycles. The normalized spacial score (nSPS) is 19.8. The molecule has 1 fully saturated rings. The molecule has 2 aliphatic rings. The van der Waals surface area contributed by atoms with E-state index in [0.717, 1.165) is 24.5 Å². The van der Waals surface area contributed by atoms with Crippen molar-refractivity contribution in [1.29, 1.82) is 0 Å². The number of aliphatic hydroxyl groups is 1. The molecule has 2 aliphatic heterocycles. The summed E-state index contributed by atoms with van der Waals surface area (Å²) in [6.07, 6.45) is -2.70. The second-order valence-corrected chi connectivity index (χ2v) is 9.53. The molecule has 1 aromatic heterocycles. The predicted octanol–water partition coefficient (Wildman–Crippen LogP) is 4.87. The number of carbonyl (C=O) groups is 1. The number of pyridine rings is 1. The first-order valence-corrected chi connectivity index (χ1v) is 11.5. The predicted molar refractivity (Wildman–Crippen MR) is 119 cm³/mol. The summed E-state index contributed by atoms with van der Waals surface area (Å²) in [5.41, 5.74) is 0.341. The van der Waals surface area contributed by atoms with Crippen LogP contribution in [0.3, 0.4) is 0 Å². The molecule has 2 aromatic rings. The molecule has 1 aromatic carbocycles. The lowest BCUT2D eigenvalue weighted by atomic mass is 9.82. The smallest absolute Gasteiger partial charge is 0.433 e. The van der Waals surface area contributed by atoms with Crippen molar-refractivity contribution in [2.45, 2.75) is 57.0 Å². The number of likely N-dealkylation sites (tertiary alicyclic amines) is 1. The fourth-order valence-electron chi connectivity index (χ4n) is 4.56. The first-order valence-electron chi connectivity index (χ1n) is 11.2. The largest absolute Gasteiger partial charge is 0.487 e. The Morgan fingerprint density at radius 3 is 2.59 bits per heavy atom. The number of piperidine rings is 1. The first-order chi connectivity index (χ1) is 16.0. The minimum atomic E-state index is -4.52. The molecule has 0 unspecified atom stereocenters. The number of carboxylic acids is 1. The number of hydrogen-bond donors (Lipinski definition) is 2. The standard InChI is InChI=1S/C24H26ClF3N2O4/c1-14(22(32)33)21(31)16-3-2-15-6-7-23(34-19(15)12-16)8-10-30(11-9-23)13-18-17(25)4-5-20(29-18)24(26,27)28/h2-5,12,14,21,31H,6-11,13H2,1H3,(H,32,33)/t14-,21+/m0/s1. The van der Waals surface area contributed by atoms with E-state index in [1.165, 1.54) is 13.0 Å². The van der Waals surface area contributed by atoms with E-state index in [0.29, 0.717) is 37.2 Å². The molecule has 184 valence electrons. The lowest BCUT2D eigenvalue weighted by Gasteiger charge is -2.44. The molecule has 0 aliphatic carbocycles. The molecule has 0 radical (unpaired) electrons. The maximum atomic E-state index is 13.0. The average Bonchev–Trinajstić information content (AvgIpc) is 2.79. The van der Waals surface area contributed by atoms with Gasteiger partial charge in [0.2, 0.25) is 0 Å². The Labute approximate surface area is 200 Å². The maximum absolute atomic E-state index is 13.0. The van der Waals surface area contributed by atoms with E-state index in [1.807, 2.05) is 11.0 Å². The van der Waals surface area contributed by atoms with Crippen molar-refractivity contribution in [1.82, 2.24) is 9.88 Å². The van der Waals surface area contributed by atoms with E-state index in [-0.39, 0.29) is 17.3 Å². The first kappa shape index (κ1) is 24.8. The molecule has 2 atom stereocenters. The van der Waals surface area contributed by atoms with Gasteiger partial charge in [-0.25, -0.2) is 4.98 Å². The van der Waals surface area contributed by atoms with Crippen LogP contribution in [-0.2, 0) is 23.9 Å². The van der Waals surface area contributed by atoms with Crippen LogP contribution in [0.2, 0.25) is 5.02 Å². The topological polar surface area (TPSA) is 82.9 Å². The zero-order valence-corrected chi connectivity index (χ0v) is 19.4. The van der Waals surface area contributed by atoms with Crippen LogP contribution in [0.25, 0.3) is 0 Å². The Morgan fingerprint density at radius 2 is 1.94 bits per heavy atom. The molecule has 4 rings (SSSR count). The zero-order valence-electron chi connectivity index (χ0n) is 18.6.